The van der Waals surface area contributed by atoms with Crippen LogP contribution < -0.4 is 4.74 Å². The van der Waals surface area contributed by atoms with E-state index in [9.17, 15) is 9.90 Å². The molecule has 6 heteroatoms. The highest BCUT2D eigenvalue weighted by molar-refractivity contribution is 6.38. The van der Waals surface area contributed by atoms with Crippen LogP contribution in [0.15, 0.2) is 11.6 Å². The summed E-state index contributed by atoms with van der Waals surface area (Å²) in [5.41, 5.74) is 0.296. The van der Waals surface area contributed by atoms with Gasteiger partial charge in [-0.25, -0.2) is 4.79 Å². The lowest BCUT2D eigenvalue weighted by atomic mass is 10.1. The third kappa shape index (κ3) is 2.84. The van der Waals surface area contributed by atoms with Gasteiger partial charge in [-0.05, 0) is 13.0 Å². The summed E-state index contributed by atoms with van der Waals surface area (Å²) < 4.78 is 4.86. The second-order valence-corrected chi connectivity index (χ2v) is 4.05. The Balaban J connectivity index is 3.41. The van der Waals surface area contributed by atoms with Crippen molar-refractivity contribution in [3.8, 4) is 11.5 Å². The molecule has 1 aromatic rings. The SMILES string of the molecule is COc1cc(Cl)c(/C=C(\C)C(=O)O)c(Cl)c1O. The van der Waals surface area contributed by atoms with Gasteiger partial charge < -0.3 is 14.9 Å². The van der Waals surface area contributed by atoms with E-state index in [4.69, 9.17) is 33.0 Å². The molecule has 0 aliphatic carbocycles. The van der Waals surface area contributed by atoms with E-state index in [-0.39, 0.29) is 32.7 Å². The summed E-state index contributed by atoms with van der Waals surface area (Å²) in [6.45, 7) is 1.40. The van der Waals surface area contributed by atoms with Crippen LogP contribution in [0.1, 0.15) is 12.5 Å². The van der Waals surface area contributed by atoms with Crippen molar-refractivity contribution in [2.75, 3.05) is 7.11 Å². The predicted octanol–water partition coefficient (Wildman–Crippen LogP) is 3.20. The Labute approximate surface area is 108 Å². The minimum absolute atomic E-state index is 0.0463. The number of phenols is 1. The molecule has 0 aromatic heterocycles. The zero-order chi connectivity index (χ0) is 13.2. The highest BCUT2D eigenvalue weighted by Crippen LogP contribution is 2.41. The zero-order valence-corrected chi connectivity index (χ0v) is 10.6. The Morgan fingerprint density at radius 2 is 2.06 bits per heavy atom. The van der Waals surface area contributed by atoms with E-state index in [1.807, 2.05) is 0 Å². The number of carbonyl (C=O) groups is 1. The summed E-state index contributed by atoms with van der Waals surface area (Å²) in [7, 11) is 1.36. The van der Waals surface area contributed by atoms with E-state index in [0.29, 0.717) is 0 Å². The van der Waals surface area contributed by atoms with Crippen LogP contribution in [0.4, 0.5) is 0 Å². The molecule has 0 heterocycles. The molecule has 0 radical (unpaired) electrons. The molecule has 1 rings (SSSR count). The average molecular weight is 277 g/mol. The molecule has 0 aliphatic rings. The molecular weight excluding hydrogens is 267 g/mol. The van der Waals surface area contributed by atoms with E-state index < -0.39 is 5.97 Å². The van der Waals surface area contributed by atoms with Crippen molar-refractivity contribution >= 4 is 35.2 Å². The Kier molecular flexibility index (Phi) is 4.26. The van der Waals surface area contributed by atoms with Gasteiger partial charge in [0.05, 0.1) is 17.2 Å². The number of carboxylic acid groups (broad SMARTS) is 1. The summed E-state index contributed by atoms with van der Waals surface area (Å²) in [6.07, 6.45) is 1.28. The van der Waals surface area contributed by atoms with Crippen LogP contribution in [0.2, 0.25) is 10.0 Å². The average Bonchev–Trinajstić information content (AvgIpc) is 2.28. The molecule has 0 spiro atoms. The Morgan fingerprint density at radius 3 is 2.53 bits per heavy atom. The lowest BCUT2D eigenvalue weighted by Gasteiger charge is -2.09. The summed E-state index contributed by atoms with van der Waals surface area (Å²) >= 11 is 11.8. The topological polar surface area (TPSA) is 66.8 Å². The van der Waals surface area contributed by atoms with Gasteiger partial charge in [0.1, 0.15) is 0 Å². The van der Waals surface area contributed by atoms with E-state index in [1.54, 1.807) is 0 Å². The lowest BCUT2D eigenvalue weighted by molar-refractivity contribution is -0.132. The number of ether oxygens (including phenoxy) is 1. The molecule has 0 fully saturated rings. The fourth-order valence-corrected chi connectivity index (χ4v) is 1.71. The molecule has 0 saturated heterocycles. The summed E-state index contributed by atoms with van der Waals surface area (Å²) in [5.74, 6) is -1.24. The summed E-state index contributed by atoms with van der Waals surface area (Å²) in [6, 6.07) is 1.36. The minimum atomic E-state index is -1.09. The number of halogens is 2. The van der Waals surface area contributed by atoms with Crippen LogP contribution >= 0.6 is 23.2 Å². The van der Waals surface area contributed by atoms with Crippen molar-refractivity contribution in [3.05, 3.63) is 27.2 Å². The van der Waals surface area contributed by atoms with E-state index in [1.165, 1.54) is 26.2 Å². The first-order valence-electron chi connectivity index (χ1n) is 4.55. The number of aliphatic carboxylic acids is 1. The highest BCUT2D eigenvalue weighted by atomic mass is 35.5. The van der Waals surface area contributed by atoms with Crippen molar-refractivity contribution in [3.63, 3.8) is 0 Å². The first kappa shape index (κ1) is 13.7. The van der Waals surface area contributed by atoms with Gasteiger partial charge in [0.15, 0.2) is 11.5 Å². The Hall–Kier alpha value is -1.39. The number of rotatable bonds is 3. The van der Waals surface area contributed by atoms with E-state index in [0.717, 1.165) is 0 Å². The van der Waals surface area contributed by atoms with Crippen molar-refractivity contribution in [1.82, 2.24) is 0 Å². The van der Waals surface area contributed by atoms with Gasteiger partial charge in [-0.2, -0.15) is 0 Å². The van der Waals surface area contributed by atoms with E-state index in [2.05, 4.69) is 0 Å². The molecule has 2 N–H and O–H groups in total. The van der Waals surface area contributed by atoms with Crippen LogP contribution in [0.5, 0.6) is 11.5 Å². The van der Waals surface area contributed by atoms with Crippen LogP contribution in [-0.2, 0) is 4.79 Å². The summed E-state index contributed by atoms with van der Waals surface area (Å²) in [4.78, 5) is 10.7. The van der Waals surface area contributed by atoms with Crippen molar-refractivity contribution in [2.24, 2.45) is 0 Å². The molecule has 0 aliphatic heterocycles. The molecule has 4 nitrogen and oxygen atoms in total. The molecular formula is C11H10Cl2O4. The molecule has 17 heavy (non-hydrogen) atoms. The number of benzene rings is 1. The summed E-state index contributed by atoms with van der Waals surface area (Å²) in [5, 5.41) is 18.6. The van der Waals surface area contributed by atoms with Crippen LogP contribution in [0.25, 0.3) is 6.08 Å². The van der Waals surface area contributed by atoms with Crippen molar-refractivity contribution in [2.45, 2.75) is 6.92 Å². The molecule has 0 unspecified atom stereocenters. The van der Waals surface area contributed by atoms with Gasteiger partial charge >= 0.3 is 5.97 Å². The quantitative estimate of drug-likeness (QED) is 0.832. The Morgan fingerprint density at radius 1 is 1.47 bits per heavy atom. The van der Waals surface area contributed by atoms with Crippen molar-refractivity contribution in [1.29, 1.82) is 0 Å². The lowest BCUT2D eigenvalue weighted by Crippen LogP contribution is -1.96. The highest BCUT2D eigenvalue weighted by Gasteiger charge is 2.15. The van der Waals surface area contributed by atoms with Gasteiger partial charge in [0, 0.05) is 17.2 Å². The normalized spacial score (nSPS) is 11.4. The van der Waals surface area contributed by atoms with Gasteiger partial charge in [-0.1, -0.05) is 23.2 Å². The molecule has 92 valence electrons. The number of carboxylic acids is 1. The first-order chi connectivity index (χ1) is 7.88. The molecule has 0 saturated carbocycles. The minimum Gasteiger partial charge on any atom is -0.503 e. The fourth-order valence-electron chi connectivity index (χ4n) is 1.17. The predicted molar refractivity (Wildman–Crippen MR) is 66.0 cm³/mol. The largest absolute Gasteiger partial charge is 0.503 e. The maximum Gasteiger partial charge on any atom is 0.331 e. The van der Waals surface area contributed by atoms with Crippen LogP contribution in [0.3, 0.4) is 0 Å². The van der Waals surface area contributed by atoms with Crippen LogP contribution in [-0.4, -0.2) is 23.3 Å². The fraction of sp³-hybridized carbons (Fsp3) is 0.182. The third-order valence-electron chi connectivity index (χ3n) is 2.11. The smallest absolute Gasteiger partial charge is 0.331 e. The number of methoxy groups -OCH3 is 1. The molecule has 0 bridgehead atoms. The third-order valence-corrected chi connectivity index (χ3v) is 2.81. The van der Waals surface area contributed by atoms with Crippen LogP contribution in [0, 0.1) is 0 Å². The van der Waals surface area contributed by atoms with Gasteiger partial charge in [-0.3, -0.25) is 0 Å². The number of phenolic OH excluding ortho intramolecular Hbond substituents is 1. The maximum absolute atomic E-state index is 10.7. The number of aromatic hydroxyl groups is 1. The van der Waals surface area contributed by atoms with Gasteiger partial charge in [-0.15, -0.1) is 0 Å². The second-order valence-electron chi connectivity index (χ2n) is 3.27. The van der Waals surface area contributed by atoms with E-state index >= 15 is 0 Å². The first-order valence-corrected chi connectivity index (χ1v) is 5.30. The second kappa shape index (κ2) is 5.29. The van der Waals surface area contributed by atoms with Gasteiger partial charge in [0.25, 0.3) is 0 Å². The van der Waals surface area contributed by atoms with Crippen molar-refractivity contribution < 1.29 is 19.7 Å². The number of hydrogen-bond donors (Lipinski definition) is 2. The molecule has 1 aromatic carbocycles. The van der Waals surface area contributed by atoms with Gasteiger partial charge in [0.2, 0.25) is 0 Å². The maximum atomic E-state index is 10.7. The Bertz CT molecular complexity index is 495. The number of hydrogen-bond acceptors (Lipinski definition) is 3. The standard InChI is InChI=1S/C11H10Cl2O4/c1-5(11(15)16)3-6-7(12)4-8(17-2)10(14)9(6)13/h3-4,14H,1-2H3,(H,15,16)/b5-3+. The zero-order valence-electron chi connectivity index (χ0n) is 9.12. The molecule has 0 atom stereocenters. The monoisotopic (exact) mass is 276 g/mol. The molecule has 0 amide bonds.